The van der Waals surface area contributed by atoms with Crippen molar-refractivity contribution in [1.82, 2.24) is 5.32 Å². The Labute approximate surface area is 124 Å². The van der Waals surface area contributed by atoms with Crippen molar-refractivity contribution in [2.24, 2.45) is 0 Å². The summed E-state index contributed by atoms with van der Waals surface area (Å²) in [6.07, 6.45) is 12.6. The van der Waals surface area contributed by atoms with Crippen LogP contribution in [-0.4, -0.2) is 18.2 Å². The Morgan fingerprint density at radius 2 is 1.50 bits per heavy atom. The molecule has 0 aliphatic carbocycles. The van der Waals surface area contributed by atoms with Crippen molar-refractivity contribution >= 4 is 11.7 Å². The molecule has 0 saturated carbocycles. The number of hydrogen-bond donors (Lipinski definition) is 1. The van der Waals surface area contributed by atoms with E-state index in [2.05, 4.69) is 18.8 Å². The van der Waals surface area contributed by atoms with Crippen LogP contribution in [0.2, 0.25) is 0 Å². The highest BCUT2D eigenvalue weighted by atomic mass is 16.1. The lowest BCUT2D eigenvalue weighted by atomic mass is 10.1. The standard InChI is InChI=1S/C17H31NO2/c1-3-5-6-11-14-17(20)18-15-12-9-7-8-10-13-16(19)4-2/h4H,2-3,5-15H2,1H3,(H,18,20). The van der Waals surface area contributed by atoms with Crippen molar-refractivity contribution in [3.63, 3.8) is 0 Å². The number of allylic oxidation sites excluding steroid dienone is 1. The van der Waals surface area contributed by atoms with Crippen LogP contribution < -0.4 is 5.32 Å². The first-order valence-corrected chi connectivity index (χ1v) is 8.12. The third-order valence-corrected chi connectivity index (χ3v) is 3.41. The molecule has 0 bridgehead atoms. The average molecular weight is 281 g/mol. The molecule has 0 aliphatic heterocycles. The Bertz CT molecular complexity index is 274. The smallest absolute Gasteiger partial charge is 0.219 e. The summed E-state index contributed by atoms with van der Waals surface area (Å²) in [6, 6.07) is 0. The molecule has 0 radical (unpaired) electrons. The first-order chi connectivity index (χ1) is 9.70. The van der Waals surface area contributed by atoms with E-state index in [0.717, 1.165) is 51.5 Å². The second kappa shape index (κ2) is 14.3. The Kier molecular flexibility index (Phi) is 13.5. The third kappa shape index (κ3) is 13.3. The van der Waals surface area contributed by atoms with Gasteiger partial charge in [0, 0.05) is 19.4 Å². The van der Waals surface area contributed by atoms with E-state index in [1.165, 1.54) is 18.9 Å². The van der Waals surface area contributed by atoms with Gasteiger partial charge in [-0.1, -0.05) is 52.0 Å². The minimum Gasteiger partial charge on any atom is -0.356 e. The Morgan fingerprint density at radius 1 is 0.900 bits per heavy atom. The normalized spacial score (nSPS) is 10.2. The zero-order valence-electron chi connectivity index (χ0n) is 13.1. The average Bonchev–Trinajstić information content (AvgIpc) is 2.46. The molecule has 0 rings (SSSR count). The molecule has 0 unspecified atom stereocenters. The lowest BCUT2D eigenvalue weighted by Gasteiger charge is -2.05. The van der Waals surface area contributed by atoms with Crippen molar-refractivity contribution in [2.75, 3.05) is 6.54 Å². The van der Waals surface area contributed by atoms with Crippen LogP contribution in [0.4, 0.5) is 0 Å². The maximum absolute atomic E-state index is 11.5. The highest BCUT2D eigenvalue weighted by Gasteiger charge is 2.00. The van der Waals surface area contributed by atoms with Gasteiger partial charge in [0.15, 0.2) is 5.78 Å². The number of carbonyl (C=O) groups excluding carboxylic acids is 2. The van der Waals surface area contributed by atoms with E-state index >= 15 is 0 Å². The second-order valence-corrected chi connectivity index (χ2v) is 5.35. The zero-order valence-corrected chi connectivity index (χ0v) is 13.1. The summed E-state index contributed by atoms with van der Waals surface area (Å²) in [5.41, 5.74) is 0. The van der Waals surface area contributed by atoms with Gasteiger partial charge in [-0.05, 0) is 25.3 Å². The topological polar surface area (TPSA) is 46.2 Å². The molecule has 0 spiro atoms. The molecule has 116 valence electrons. The summed E-state index contributed by atoms with van der Waals surface area (Å²) < 4.78 is 0. The summed E-state index contributed by atoms with van der Waals surface area (Å²) in [6.45, 7) is 6.42. The molecule has 0 saturated heterocycles. The minimum atomic E-state index is 0.139. The van der Waals surface area contributed by atoms with Crippen LogP contribution in [0, 0.1) is 0 Å². The van der Waals surface area contributed by atoms with Crippen molar-refractivity contribution in [2.45, 2.75) is 77.6 Å². The van der Waals surface area contributed by atoms with Gasteiger partial charge in [0.25, 0.3) is 0 Å². The van der Waals surface area contributed by atoms with Crippen LogP contribution >= 0.6 is 0 Å². The molecule has 1 amide bonds. The molecule has 0 fully saturated rings. The first-order valence-electron chi connectivity index (χ1n) is 8.12. The van der Waals surface area contributed by atoms with Gasteiger partial charge in [-0.25, -0.2) is 0 Å². The largest absolute Gasteiger partial charge is 0.356 e. The van der Waals surface area contributed by atoms with Crippen molar-refractivity contribution in [3.8, 4) is 0 Å². The highest BCUT2D eigenvalue weighted by Crippen LogP contribution is 2.06. The van der Waals surface area contributed by atoms with Gasteiger partial charge in [0.1, 0.15) is 0 Å². The maximum Gasteiger partial charge on any atom is 0.219 e. The van der Waals surface area contributed by atoms with E-state index in [9.17, 15) is 9.59 Å². The molecule has 0 aromatic carbocycles. The molecule has 20 heavy (non-hydrogen) atoms. The summed E-state index contributed by atoms with van der Waals surface area (Å²) in [7, 11) is 0. The number of ketones is 1. The van der Waals surface area contributed by atoms with Gasteiger partial charge in [0.2, 0.25) is 5.91 Å². The molecule has 3 nitrogen and oxygen atoms in total. The maximum atomic E-state index is 11.5. The molecule has 0 atom stereocenters. The molecule has 1 N–H and O–H groups in total. The fraction of sp³-hybridized carbons (Fsp3) is 0.765. The lowest BCUT2D eigenvalue weighted by Crippen LogP contribution is -2.23. The van der Waals surface area contributed by atoms with E-state index in [0.29, 0.717) is 12.8 Å². The van der Waals surface area contributed by atoms with E-state index < -0.39 is 0 Å². The van der Waals surface area contributed by atoms with E-state index in [1.54, 1.807) is 0 Å². The van der Waals surface area contributed by atoms with Crippen LogP contribution in [0.1, 0.15) is 77.6 Å². The van der Waals surface area contributed by atoms with Crippen LogP contribution in [0.3, 0.4) is 0 Å². The van der Waals surface area contributed by atoms with Gasteiger partial charge < -0.3 is 5.32 Å². The summed E-state index contributed by atoms with van der Waals surface area (Å²) in [5.74, 6) is 0.331. The Balaban J connectivity index is 3.21. The van der Waals surface area contributed by atoms with Crippen LogP contribution in [0.25, 0.3) is 0 Å². The predicted octanol–water partition coefficient (Wildman–Crippen LogP) is 4.17. The van der Waals surface area contributed by atoms with Crippen LogP contribution in [-0.2, 0) is 9.59 Å². The van der Waals surface area contributed by atoms with Crippen molar-refractivity contribution in [1.29, 1.82) is 0 Å². The van der Waals surface area contributed by atoms with E-state index in [4.69, 9.17) is 0 Å². The fourth-order valence-electron chi connectivity index (χ4n) is 2.09. The Morgan fingerprint density at radius 3 is 2.20 bits per heavy atom. The number of carbonyl (C=O) groups is 2. The summed E-state index contributed by atoms with van der Waals surface area (Å²) in [5, 5.41) is 2.97. The lowest BCUT2D eigenvalue weighted by molar-refractivity contribution is -0.121. The monoisotopic (exact) mass is 281 g/mol. The number of amides is 1. The molecule has 3 heteroatoms. The second-order valence-electron chi connectivity index (χ2n) is 5.35. The van der Waals surface area contributed by atoms with Crippen molar-refractivity contribution in [3.05, 3.63) is 12.7 Å². The SMILES string of the molecule is C=CC(=O)CCCCCCCNC(=O)CCCCCC. The highest BCUT2D eigenvalue weighted by molar-refractivity contribution is 5.88. The molecular weight excluding hydrogens is 250 g/mol. The van der Waals surface area contributed by atoms with Crippen molar-refractivity contribution < 1.29 is 9.59 Å². The minimum absolute atomic E-state index is 0.139. The quantitative estimate of drug-likeness (QED) is 0.384. The molecule has 0 aromatic heterocycles. The van der Waals surface area contributed by atoms with Crippen LogP contribution in [0.15, 0.2) is 12.7 Å². The number of hydrogen-bond acceptors (Lipinski definition) is 2. The molecule has 0 aromatic rings. The predicted molar refractivity (Wildman–Crippen MR) is 84.7 cm³/mol. The molecular formula is C17H31NO2. The zero-order chi connectivity index (χ0) is 15.1. The number of nitrogens with one attached hydrogen (secondary N) is 1. The van der Waals surface area contributed by atoms with Crippen LogP contribution in [0.5, 0.6) is 0 Å². The Hall–Kier alpha value is -1.12. The fourth-order valence-corrected chi connectivity index (χ4v) is 2.09. The van der Waals surface area contributed by atoms with Gasteiger partial charge in [0.05, 0.1) is 0 Å². The van der Waals surface area contributed by atoms with E-state index in [-0.39, 0.29) is 11.7 Å². The first kappa shape index (κ1) is 18.9. The molecule has 0 heterocycles. The summed E-state index contributed by atoms with van der Waals surface area (Å²) in [4.78, 5) is 22.5. The third-order valence-electron chi connectivity index (χ3n) is 3.41. The van der Waals surface area contributed by atoms with Gasteiger partial charge in [-0.2, -0.15) is 0 Å². The van der Waals surface area contributed by atoms with Gasteiger partial charge >= 0.3 is 0 Å². The van der Waals surface area contributed by atoms with Gasteiger partial charge in [-0.15, -0.1) is 0 Å². The van der Waals surface area contributed by atoms with E-state index in [1.807, 2.05) is 0 Å². The summed E-state index contributed by atoms with van der Waals surface area (Å²) >= 11 is 0. The number of unbranched alkanes of at least 4 members (excludes halogenated alkanes) is 7. The number of rotatable bonds is 14. The van der Waals surface area contributed by atoms with Gasteiger partial charge in [-0.3, -0.25) is 9.59 Å². The molecule has 0 aliphatic rings.